The first-order chi connectivity index (χ1) is 15.9. The Hall–Kier alpha value is -3.91. The molecule has 3 rings (SSSR count). The third-order valence-corrected chi connectivity index (χ3v) is 4.79. The van der Waals surface area contributed by atoms with E-state index >= 15 is 0 Å². The summed E-state index contributed by atoms with van der Waals surface area (Å²) in [5.41, 5.74) is 8.79. The van der Waals surface area contributed by atoms with Gasteiger partial charge in [0.15, 0.2) is 0 Å². The van der Waals surface area contributed by atoms with Gasteiger partial charge in [0.05, 0.1) is 6.42 Å². The number of hydrogen-bond acceptors (Lipinski definition) is 6. The molecule has 7 nitrogen and oxygen atoms in total. The van der Waals surface area contributed by atoms with Crippen molar-refractivity contribution < 1.29 is 28.6 Å². The zero-order valence-electron chi connectivity index (χ0n) is 18.1. The summed E-state index contributed by atoms with van der Waals surface area (Å²) in [6, 6.07) is 19.9. The molecule has 0 spiro atoms. The van der Waals surface area contributed by atoms with Crippen LogP contribution in [0.3, 0.4) is 0 Å². The highest BCUT2D eigenvalue weighted by Crippen LogP contribution is 2.20. The Balaban J connectivity index is 1.52. The van der Waals surface area contributed by atoms with Gasteiger partial charge in [0, 0.05) is 11.6 Å². The van der Waals surface area contributed by atoms with Crippen LogP contribution in [0.15, 0.2) is 78.0 Å². The van der Waals surface area contributed by atoms with Gasteiger partial charge in [-0.05, 0) is 59.7 Å². The van der Waals surface area contributed by atoms with Crippen molar-refractivity contribution in [1.29, 1.82) is 0 Å². The van der Waals surface area contributed by atoms with Gasteiger partial charge < -0.3 is 25.2 Å². The smallest absolute Gasteiger partial charge is 0.305 e. The summed E-state index contributed by atoms with van der Waals surface area (Å²) in [6.45, 7) is 0.512. The minimum Gasteiger partial charge on any atom is -0.489 e. The highest BCUT2D eigenvalue weighted by molar-refractivity contribution is 6.01. The molecule has 1 unspecified atom stereocenters. The maximum absolute atomic E-state index is 13.1. The van der Waals surface area contributed by atoms with Crippen molar-refractivity contribution in [2.24, 2.45) is 10.9 Å². The Morgan fingerprint density at radius 2 is 1.58 bits per heavy atom. The number of aliphatic carboxylic acids is 1. The second-order valence-electron chi connectivity index (χ2n) is 7.22. The third-order valence-electron chi connectivity index (χ3n) is 4.79. The van der Waals surface area contributed by atoms with Crippen LogP contribution in [0, 0.1) is 5.82 Å². The third kappa shape index (κ3) is 7.33. The predicted octanol–water partition coefficient (Wildman–Crippen LogP) is 4.31. The van der Waals surface area contributed by atoms with Crippen molar-refractivity contribution in [1.82, 2.24) is 0 Å². The quantitative estimate of drug-likeness (QED) is 0.332. The Morgan fingerprint density at radius 1 is 0.970 bits per heavy atom. The fourth-order valence-electron chi connectivity index (χ4n) is 3.03. The number of carbonyl (C=O) groups is 1. The second-order valence-corrected chi connectivity index (χ2v) is 7.22. The van der Waals surface area contributed by atoms with Crippen LogP contribution in [-0.4, -0.2) is 30.5 Å². The minimum atomic E-state index is -0.937. The van der Waals surface area contributed by atoms with Crippen molar-refractivity contribution >= 4 is 11.7 Å². The van der Waals surface area contributed by atoms with Gasteiger partial charge in [0.1, 0.15) is 43.4 Å². The molecule has 3 aromatic carbocycles. The van der Waals surface area contributed by atoms with Gasteiger partial charge >= 0.3 is 5.97 Å². The average Bonchev–Trinajstić information content (AvgIpc) is 2.81. The molecule has 0 bridgehead atoms. The molecule has 0 aromatic heterocycles. The summed E-state index contributed by atoms with van der Waals surface area (Å²) < 4.78 is 24.7. The molecule has 0 saturated carbocycles. The van der Waals surface area contributed by atoms with Crippen molar-refractivity contribution in [2.75, 3.05) is 13.7 Å². The summed E-state index contributed by atoms with van der Waals surface area (Å²) in [7, 11) is 1.44. The van der Waals surface area contributed by atoms with Crippen molar-refractivity contribution in [3.05, 3.63) is 95.3 Å². The molecular weight excluding hydrogens is 427 g/mol. The fourth-order valence-corrected chi connectivity index (χ4v) is 3.03. The molecule has 0 amide bonds. The minimum absolute atomic E-state index is 0.128. The van der Waals surface area contributed by atoms with Crippen LogP contribution >= 0.6 is 0 Å². The number of carboxylic acid groups (broad SMARTS) is 1. The van der Waals surface area contributed by atoms with E-state index < -0.39 is 12.0 Å². The molecule has 3 N–H and O–H groups in total. The normalized spacial score (nSPS) is 12.2. The number of nitrogens with two attached hydrogens (primary N) is 1. The Morgan fingerprint density at radius 3 is 2.18 bits per heavy atom. The Kier molecular flexibility index (Phi) is 8.37. The van der Waals surface area contributed by atoms with Crippen LogP contribution in [0.25, 0.3) is 0 Å². The summed E-state index contributed by atoms with van der Waals surface area (Å²) in [5, 5.41) is 12.8. The molecule has 33 heavy (non-hydrogen) atoms. The zero-order chi connectivity index (χ0) is 23.6. The van der Waals surface area contributed by atoms with Crippen LogP contribution in [0.5, 0.6) is 11.5 Å². The molecule has 0 saturated heterocycles. The van der Waals surface area contributed by atoms with E-state index in [1.807, 2.05) is 24.3 Å². The van der Waals surface area contributed by atoms with Crippen LogP contribution in [0.2, 0.25) is 0 Å². The molecule has 3 aromatic rings. The highest BCUT2D eigenvalue weighted by atomic mass is 19.1. The maximum atomic E-state index is 13.1. The van der Waals surface area contributed by atoms with E-state index in [1.165, 1.54) is 19.2 Å². The van der Waals surface area contributed by atoms with Crippen molar-refractivity contribution in [2.45, 2.75) is 19.1 Å². The number of halogens is 1. The van der Waals surface area contributed by atoms with Crippen LogP contribution < -0.4 is 15.2 Å². The van der Waals surface area contributed by atoms with Crippen molar-refractivity contribution in [3.63, 3.8) is 0 Å². The van der Waals surface area contributed by atoms with E-state index in [4.69, 9.17) is 25.2 Å². The molecule has 0 aliphatic carbocycles. The van der Waals surface area contributed by atoms with Gasteiger partial charge in [-0.3, -0.25) is 4.79 Å². The zero-order valence-corrected chi connectivity index (χ0v) is 18.1. The van der Waals surface area contributed by atoms with Gasteiger partial charge in [-0.15, -0.1) is 0 Å². The van der Waals surface area contributed by atoms with E-state index in [0.29, 0.717) is 29.4 Å². The monoisotopic (exact) mass is 452 g/mol. The first kappa shape index (κ1) is 23.7. The molecule has 0 aliphatic rings. The van der Waals surface area contributed by atoms with Crippen LogP contribution in [0.4, 0.5) is 4.39 Å². The fraction of sp³-hybridized carbons (Fsp3) is 0.200. The number of ether oxygens (including phenoxy) is 2. The SMILES string of the molecule is CO/N=C(/COc1ccc(COc2ccc(C(N)CC(=O)O)cc2)cc1)c1ccc(F)cc1. The van der Waals surface area contributed by atoms with E-state index in [2.05, 4.69) is 5.16 Å². The summed E-state index contributed by atoms with van der Waals surface area (Å²) in [6.07, 6.45) is -0.128. The lowest BCUT2D eigenvalue weighted by molar-refractivity contribution is -0.137. The van der Waals surface area contributed by atoms with E-state index in [0.717, 1.165) is 11.1 Å². The van der Waals surface area contributed by atoms with Gasteiger partial charge in [-0.1, -0.05) is 29.4 Å². The standard InChI is InChI=1S/C25H25FN2O5/c1-31-28-24(19-4-8-20(26)9-5-19)16-33-21-10-2-17(3-11-21)15-32-22-12-6-18(7-13-22)23(27)14-25(29)30/h2-13,23H,14-16,27H2,1H3,(H,29,30)/b28-24-. The summed E-state index contributed by atoms with van der Waals surface area (Å²) in [5.74, 6) is 0.0302. The van der Waals surface area contributed by atoms with E-state index in [-0.39, 0.29) is 18.8 Å². The first-order valence-corrected chi connectivity index (χ1v) is 10.2. The molecule has 172 valence electrons. The number of nitrogens with zero attached hydrogens (tertiary/aromatic N) is 1. The van der Waals surface area contributed by atoms with Crippen LogP contribution in [-0.2, 0) is 16.2 Å². The Bertz CT molecular complexity index is 1070. The largest absolute Gasteiger partial charge is 0.489 e. The topological polar surface area (TPSA) is 103 Å². The van der Waals surface area contributed by atoms with Gasteiger partial charge in [-0.2, -0.15) is 0 Å². The molecule has 0 radical (unpaired) electrons. The number of rotatable bonds is 11. The number of carboxylic acids is 1. The first-order valence-electron chi connectivity index (χ1n) is 10.2. The molecule has 1 atom stereocenters. The van der Waals surface area contributed by atoms with Gasteiger partial charge in [0.25, 0.3) is 0 Å². The number of oxime groups is 1. The van der Waals surface area contributed by atoms with Crippen LogP contribution in [0.1, 0.15) is 29.2 Å². The maximum Gasteiger partial charge on any atom is 0.305 e. The highest BCUT2D eigenvalue weighted by Gasteiger charge is 2.11. The summed E-state index contributed by atoms with van der Waals surface area (Å²) in [4.78, 5) is 15.6. The number of benzene rings is 3. The molecule has 0 fully saturated rings. The van der Waals surface area contributed by atoms with E-state index in [9.17, 15) is 9.18 Å². The summed E-state index contributed by atoms with van der Waals surface area (Å²) >= 11 is 0. The molecule has 8 heteroatoms. The number of hydrogen-bond donors (Lipinski definition) is 2. The van der Waals surface area contributed by atoms with E-state index in [1.54, 1.807) is 36.4 Å². The lowest BCUT2D eigenvalue weighted by Gasteiger charge is -2.12. The second kappa shape index (κ2) is 11.6. The Labute approximate surface area is 191 Å². The lowest BCUT2D eigenvalue weighted by Crippen LogP contribution is -2.14. The lowest BCUT2D eigenvalue weighted by atomic mass is 10.0. The molecule has 0 aliphatic heterocycles. The van der Waals surface area contributed by atoms with Gasteiger partial charge in [0.2, 0.25) is 0 Å². The van der Waals surface area contributed by atoms with Crippen molar-refractivity contribution in [3.8, 4) is 11.5 Å². The molecule has 0 heterocycles. The average molecular weight is 452 g/mol. The predicted molar refractivity (Wildman–Crippen MR) is 122 cm³/mol. The van der Waals surface area contributed by atoms with Gasteiger partial charge in [-0.25, -0.2) is 4.39 Å². The molecular formula is C25H25FN2O5.